The summed E-state index contributed by atoms with van der Waals surface area (Å²) >= 11 is 0. The van der Waals surface area contributed by atoms with Crippen LogP contribution in [-0.2, 0) is 4.79 Å². The lowest BCUT2D eigenvalue weighted by atomic mass is 10.1. The number of hydrogen-bond donors (Lipinski definition) is 1. The molecule has 0 radical (unpaired) electrons. The van der Waals surface area contributed by atoms with E-state index in [4.69, 9.17) is 0 Å². The number of rotatable bonds is 6. The van der Waals surface area contributed by atoms with E-state index in [2.05, 4.69) is 5.32 Å². The van der Waals surface area contributed by atoms with Crippen LogP contribution >= 0.6 is 12.4 Å². The molecule has 1 amide bonds. The second kappa shape index (κ2) is 8.82. The van der Waals surface area contributed by atoms with E-state index < -0.39 is 0 Å². The van der Waals surface area contributed by atoms with Crippen molar-refractivity contribution in [3.63, 3.8) is 0 Å². The standard InChI is InChI=1S/C12H24N2O.ClH/c1-13-9-5-8-12(15)14(2)10-11-6-3-4-7-11;/h11,13H,3-10H2,1-2H3;1H. The number of nitrogens with zero attached hydrogens (tertiary/aromatic N) is 1. The van der Waals surface area contributed by atoms with Gasteiger partial charge in [-0.25, -0.2) is 0 Å². The van der Waals surface area contributed by atoms with Crippen LogP contribution in [0.25, 0.3) is 0 Å². The van der Waals surface area contributed by atoms with Crippen LogP contribution in [0, 0.1) is 5.92 Å². The van der Waals surface area contributed by atoms with Gasteiger partial charge in [0.25, 0.3) is 0 Å². The molecule has 0 bridgehead atoms. The first kappa shape index (κ1) is 15.7. The molecule has 4 heteroatoms. The number of halogens is 1. The summed E-state index contributed by atoms with van der Waals surface area (Å²) in [5.74, 6) is 1.07. The van der Waals surface area contributed by atoms with E-state index in [0.717, 1.165) is 25.4 Å². The van der Waals surface area contributed by atoms with E-state index in [9.17, 15) is 4.79 Å². The van der Waals surface area contributed by atoms with Crippen LogP contribution in [0.3, 0.4) is 0 Å². The van der Waals surface area contributed by atoms with Gasteiger partial charge in [0, 0.05) is 20.0 Å². The molecule has 0 aromatic carbocycles. The average Bonchev–Trinajstić information content (AvgIpc) is 2.70. The molecule has 0 unspecified atom stereocenters. The van der Waals surface area contributed by atoms with E-state index in [1.807, 2.05) is 19.0 Å². The van der Waals surface area contributed by atoms with Gasteiger partial charge >= 0.3 is 0 Å². The number of hydrogen-bond acceptors (Lipinski definition) is 2. The van der Waals surface area contributed by atoms with E-state index in [1.165, 1.54) is 25.7 Å². The van der Waals surface area contributed by atoms with Gasteiger partial charge in [-0.2, -0.15) is 0 Å². The Labute approximate surface area is 105 Å². The Morgan fingerprint density at radius 1 is 1.38 bits per heavy atom. The lowest BCUT2D eigenvalue weighted by molar-refractivity contribution is -0.130. The molecule has 1 N–H and O–H groups in total. The average molecular weight is 249 g/mol. The van der Waals surface area contributed by atoms with Crippen LogP contribution in [0.2, 0.25) is 0 Å². The topological polar surface area (TPSA) is 32.3 Å². The second-order valence-electron chi connectivity index (χ2n) is 4.63. The summed E-state index contributed by atoms with van der Waals surface area (Å²) in [5, 5.41) is 3.06. The van der Waals surface area contributed by atoms with Crippen molar-refractivity contribution in [1.82, 2.24) is 10.2 Å². The summed E-state index contributed by atoms with van der Waals surface area (Å²) in [6, 6.07) is 0. The molecule has 1 fully saturated rings. The Kier molecular flexibility index (Phi) is 8.67. The largest absolute Gasteiger partial charge is 0.345 e. The van der Waals surface area contributed by atoms with Crippen molar-refractivity contribution >= 4 is 18.3 Å². The molecule has 0 heterocycles. The minimum Gasteiger partial charge on any atom is -0.345 e. The van der Waals surface area contributed by atoms with E-state index >= 15 is 0 Å². The van der Waals surface area contributed by atoms with Crippen LogP contribution < -0.4 is 5.32 Å². The summed E-state index contributed by atoms with van der Waals surface area (Å²) in [7, 11) is 3.87. The third-order valence-corrected chi connectivity index (χ3v) is 3.25. The normalized spacial score (nSPS) is 15.9. The number of carbonyl (C=O) groups excluding carboxylic acids is 1. The molecular formula is C12H25ClN2O. The van der Waals surface area contributed by atoms with Gasteiger partial charge in [0.1, 0.15) is 0 Å². The van der Waals surface area contributed by atoms with Crippen LogP contribution in [0.5, 0.6) is 0 Å². The zero-order chi connectivity index (χ0) is 11.1. The molecule has 96 valence electrons. The maximum Gasteiger partial charge on any atom is 0.222 e. The molecule has 1 saturated carbocycles. The van der Waals surface area contributed by atoms with Gasteiger partial charge in [-0.1, -0.05) is 12.8 Å². The Morgan fingerprint density at radius 3 is 2.56 bits per heavy atom. The molecule has 16 heavy (non-hydrogen) atoms. The molecule has 0 aromatic rings. The molecule has 0 aliphatic heterocycles. The van der Waals surface area contributed by atoms with Crippen LogP contribution in [0.1, 0.15) is 38.5 Å². The fourth-order valence-electron chi connectivity index (χ4n) is 2.29. The molecule has 1 rings (SSSR count). The Hall–Kier alpha value is -0.280. The Morgan fingerprint density at radius 2 is 2.00 bits per heavy atom. The minimum absolute atomic E-state index is 0. The first-order chi connectivity index (χ1) is 7.24. The van der Waals surface area contributed by atoms with Gasteiger partial charge < -0.3 is 10.2 Å². The SMILES string of the molecule is CNCCCC(=O)N(C)CC1CCCC1.Cl. The van der Waals surface area contributed by atoms with Crippen molar-refractivity contribution in [1.29, 1.82) is 0 Å². The molecule has 3 nitrogen and oxygen atoms in total. The predicted octanol–water partition coefficient (Wildman–Crippen LogP) is 2.06. The third kappa shape index (κ3) is 5.71. The molecule has 0 saturated heterocycles. The maximum absolute atomic E-state index is 11.7. The van der Waals surface area contributed by atoms with Gasteiger partial charge in [0.05, 0.1) is 0 Å². The van der Waals surface area contributed by atoms with Gasteiger partial charge in [-0.3, -0.25) is 4.79 Å². The lowest BCUT2D eigenvalue weighted by Crippen LogP contribution is -2.31. The van der Waals surface area contributed by atoms with Crippen molar-refractivity contribution in [2.75, 3.05) is 27.2 Å². The van der Waals surface area contributed by atoms with Gasteiger partial charge in [0.2, 0.25) is 5.91 Å². The number of amides is 1. The highest BCUT2D eigenvalue weighted by Crippen LogP contribution is 2.25. The first-order valence-electron chi connectivity index (χ1n) is 6.12. The van der Waals surface area contributed by atoms with Crippen LogP contribution in [0.15, 0.2) is 0 Å². The quantitative estimate of drug-likeness (QED) is 0.730. The van der Waals surface area contributed by atoms with Gasteiger partial charge in [0.15, 0.2) is 0 Å². The van der Waals surface area contributed by atoms with Crippen molar-refractivity contribution in [3.05, 3.63) is 0 Å². The zero-order valence-corrected chi connectivity index (χ0v) is 11.3. The number of carbonyl (C=O) groups is 1. The van der Waals surface area contributed by atoms with Crippen molar-refractivity contribution in [2.24, 2.45) is 5.92 Å². The zero-order valence-electron chi connectivity index (χ0n) is 10.5. The fraction of sp³-hybridized carbons (Fsp3) is 0.917. The molecule has 1 aliphatic carbocycles. The molecule has 1 aliphatic rings. The molecule has 0 spiro atoms. The summed E-state index contributed by atoms with van der Waals surface area (Å²) in [4.78, 5) is 13.6. The van der Waals surface area contributed by atoms with E-state index in [1.54, 1.807) is 0 Å². The summed E-state index contributed by atoms with van der Waals surface area (Å²) in [6.07, 6.45) is 6.97. The second-order valence-corrected chi connectivity index (χ2v) is 4.63. The minimum atomic E-state index is 0. The highest BCUT2D eigenvalue weighted by molar-refractivity contribution is 5.85. The fourth-order valence-corrected chi connectivity index (χ4v) is 2.29. The van der Waals surface area contributed by atoms with Crippen LogP contribution in [0.4, 0.5) is 0 Å². The summed E-state index contributed by atoms with van der Waals surface area (Å²) in [5.41, 5.74) is 0. The lowest BCUT2D eigenvalue weighted by Gasteiger charge is -2.21. The van der Waals surface area contributed by atoms with Crippen LogP contribution in [-0.4, -0.2) is 38.0 Å². The monoisotopic (exact) mass is 248 g/mol. The highest BCUT2D eigenvalue weighted by Gasteiger charge is 2.18. The molecule has 0 aromatic heterocycles. The van der Waals surface area contributed by atoms with Crippen molar-refractivity contribution in [3.8, 4) is 0 Å². The van der Waals surface area contributed by atoms with Crippen molar-refractivity contribution in [2.45, 2.75) is 38.5 Å². The predicted molar refractivity (Wildman–Crippen MR) is 70.0 cm³/mol. The molecular weight excluding hydrogens is 224 g/mol. The van der Waals surface area contributed by atoms with E-state index in [0.29, 0.717) is 12.3 Å². The van der Waals surface area contributed by atoms with E-state index in [-0.39, 0.29) is 12.4 Å². The summed E-state index contributed by atoms with van der Waals surface area (Å²) < 4.78 is 0. The highest BCUT2D eigenvalue weighted by atomic mass is 35.5. The van der Waals surface area contributed by atoms with Crippen molar-refractivity contribution < 1.29 is 4.79 Å². The number of nitrogens with one attached hydrogen (secondary N) is 1. The van der Waals surface area contributed by atoms with Gasteiger partial charge in [-0.05, 0) is 38.8 Å². The maximum atomic E-state index is 11.7. The Balaban J connectivity index is 0.00000225. The van der Waals surface area contributed by atoms with Gasteiger partial charge in [-0.15, -0.1) is 12.4 Å². The smallest absolute Gasteiger partial charge is 0.222 e. The third-order valence-electron chi connectivity index (χ3n) is 3.25. The molecule has 0 atom stereocenters. The summed E-state index contributed by atoms with van der Waals surface area (Å²) in [6.45, 7) is 1.90. The first-order valence-corrected chi connectivity index (χ1v) is 6.12. The Bertz CT molecular complexity index is 193.